The Morgan fingerprint density at radius 1 is 1.07 bits per heavy atom. The minimum atomic E-state index is -1.91. The molecule has 0 amide bonds. The molecule has 154 valence electrons. The van der Waals surface area contributed by atoms with Gasteiger partial charge in [0.1, 0.15) is 0 Å². The van der Waals surface area contributed by atoms with Crippen LogP contribution in [0.2, 0.25) is 18.1 Å². The summed E-state index contributed by atoms with van der Waals surface area (Å²) in [4.78, 5) is 4.31. The molecule has 1 heterocycles. The second-order valence-electron chi connectivity index (χ2n) is 9.84. The van der Waals surface area contributed by atoms with E-state index in [2.05, 4.69) is 76.2 Å². The van der Waals surface area contributed by atoms with Crippen LogP contribution in [-0.2, 0) is 10.8 Å². The smallest absolute Gasteiger partial charge is 0.192 e. The lowest BCUT2D eigenvalue weighted by Gasteiger charge is -2.40. The highest BCUT2D eigenvalue weighted by atomic mass is 28.4. The first-order valence-corrected chi connectivity index (χ1v) is 13.0. The lowest BCUT2D eigenvalue weighted by atomic mass is 9.94. The van der Waals surface area contributed by atoms with Crippen LogP contribution < -0.4 is 11.1 Å². The molecule has 1 aromatic heterocycles. The molecule has 0 aliphatic rings. The van der Waals surface area contributed by atoms with Gasteiger partial charge in [-0.3, -0.25) is 4.98 Å². The Morgan fingerprint density at radius 3 is 2.25 bits per heavy atom. The quantitative estimate of drug-likeness (QED) is 0.465. The molecule has 28 heavy (non-hydrogen) atoms. The van der Waals surface area contributed by atoms with Crippen molar-refractivity contribution in [2.24, 2.45) is 0 Å². The lowest BCUT2D eigenvalue weighted by Crippen LogP contribution is -2.47. The first-order chi connectivity index (χ1) is 12.9. The van der Waals surface area contributed by atoms with Gasteiger partial charge in [0.05, 0.1) is 6.10 Å². The summed E-state index contributed by atoms with van der Waals surface area (Å²) in [7, 11) is -1.91. The number of nitrogens with two attached hydrogens (primary N) is 1. The van der Waals surface area contributed by atoms with Crippen LogP contribution in [0.5, 0.6) is 0 Å². The van der Waals surface area contributed by atoms with Crippen molar-refractivity contribution in [2.75, 3.05) is 12.3 Å². The molecule has 1 aromatic carbocycles. The predicted octanol–water partition coefficient (Wildman–Crippen LogP) is 5.34. The van der Waals surface area contributed by atoms with Crippen molar-refractivity contribution in [1.82, 2.24) is 10.3 Å². The van der Waals surface area contributed by atoms with Crippen molar-refractivity contribution >= 4 is 14.0 Å². The molecule has 0 spiro atoms. The number of pyridine rings is 1. The fraction of sp³-hybridized carbons (Fsp3) is 0.522. The number of nitrogens with one attached hydrogen (secondary N) is 1. The molecule has 0 unspecified atom stereocenters. The summed E-state index contributed by atoms with van der Waals surface area (Å²) in [6.45, 7) is 16.6. The van der Waals surface area contributed by atoms with Gasteiger partial charge < -0.3 is 15.5 Å². The highest BCUT2D eigenvalue weighted by Gasteiger charge is 2.39. The normalized spacial score (nSPS) is 14.1. The Bertz CT molecular complexity index is 737. The predicted molar refractivity (Wildman–Crippen MR) is 122 cm³/mol. The number of rotatable bonds is 8. The SMILES string of the molecule is CC(C)(Cc1ccc(N)cc1)NC[C@H](O[Si](C)(C)C(C)(C)C)c1cccnc1. The minimum Gasteiger partial charge on any atom is -0.409 e. The second-order valence-corrected chi connectivity index (χ2v) is 14.6. The van der Waals surface area contributed by atoms with Gasteiger partial charge in [0.15, 0.2) is 8.32 Å². The average molecular weight is 400 g/mol. The molecule has 0 fully saturated rings. The Morgan fingerprint density at radius 2 is 1.71 bits per heavy atom. The molecule has 4 nitrogen and oxygen atoms in total. The van der Waals surface area contributed by atoms with Gasteiger partial charge in [-0.05, 0) is 67.7 Å². The Balaban J connectivity index is 2.12. The highest BCUT2D eigenvalue weighted by molar-refractivity contribution is 6.74. The van der Waals surface area contributed by atoms with Crippen LogP contribution in [0.3, 0.4) is 0 Å². The van der Waals surface area contributed by atoms with Crippen LogP contribution in [0, 0.1) is 0 Å². The van der Waals surface area contributed by atoms with E-state index in [1.54, 1.807) is 0 Å². The molecule has 5 heteroatoms. The van der Waals surface area contributed by atoms with Crippen molar-refractivity contribution in [2.45, 2.75) is 70.8 Å². The number of nitrogen functional groups attached to an aromatic ring is 1. The van der Waals surface area contributed by atoms with Crippen molar-refractivity contribution in [3.05, 3.63) is 59.9 Å². The zero-order valence-corrected chi connectivity index (χ0v) is 19.5. The summed E-state index contributed by atoms with van der Waals surface area (Å²) in [5.41, 5.74) is 8.95. The third-order valence-corrected chi connectivity index (χ3v) is 10.2. The average Bonchev–Trinajstić information content (AvgIpc) is 2.60. The zero-order chi connectivity index (χ0) is 21.0. The van der Waals surface area contributed by atoms with E-state index in [0.29, 0.717) is 0 Å². The maximum absolute atomic E-state index is 6.77. The summed E-state index contributed by atoms with van der Waals surface area (Å²) in [5, 5.41) is 3.89. The van der Waals surface area contributed by atoms with Crippen LogP contribution in [0.1, 0.15) is 51.8 Å². The van der Waals surface area contributed by atoms with E-state index < -0.39 is 8.32 Å². The standard InChI is InChI=1S/C23H37N3OSi/c1-22(2,3)28(6,7)27-21(19-9-8-14-25-16-19)17-26-23(4,5)15-18-10-12-20(24)13-11-18/h8-14,16,21,26H,15,17,24H2,1-7H3/t21-/m0/s1. The van der Waals surface area contributed by atoms with Crippen molar-refractivity contribution < 1.29 is 4.43 Å². The maximum atomic E-state index is 6.77. The van der Waals surface area contributed by atoms with E-state index >= 15 is 0 Å². The Kier molecular flexibility index (Phi) is 7.07. The van der Waals surface area contributed by atoms with Crippen molar-refractivity contribution in [1.29, 1.82) is 0 Å². The summed E-state index contributed by atoms with van der Waals surface area (Å²) in [5.74, 6) is 0. The molecule has 0 aliphatic heterocycles. The molecule has 1 atom stereocenters. The highest BCUT2D eigenvalue weighted by Crippen LogP contribution is 2.39. The number of benzene rings is 1. The van der Waals surface area contributed by atoms with Gasteiger partial charge in [0, 0.05) is 30.2 Å². The maximum Gasteiger partial charge on any atom is 0.192 e. The Hall–Kier alpha value is -1.69. The van der Waals surface area contributed by atoms with Gasteiger partial charge in [-0.2, -0.15) is 0 Å². The third-order valence-electron chi connectivity index (χ3n) is 5.69. The molecule has 3 N–H and O–H groups in total. The van der Waals surface area contributed by atoms with Gasteiger partial charge in [-0.15, -0.1) is 0 Å². The molecule has 2 aromatic rings. The van der Waals surface area contributed by atoms with Gasteiger partial charge in [-0.1, -0.05) is 39.0 Å². The van der Waals surface area contributed by atoms with E-state index in [1.165, 1.54) is 5.56 Å². The Labute approximate surface area is 172 Å². The lowest BCUT2D eigenvalue weighted by molar-refractivity contribution is 0.166. The molecule has 0 bridgehead atoms. The van der Waals surface area contributed by atoms with E-state index in [-0.39, 0.29) is 16.7 Å². The molecular formula is C23H37N3OSi. The second kappa shape index (κ2) is 8.76. The van der Waals surface area contributed by atoms with E-state index in [4.69, 9.17) is 10.2 Å². The molecule has 0 aliphatic carbocycles. The van der Waals surface area contributed by atoms with E-state index in [0.717, 1.165) is 24.2 Å². The zero-order valence-electron chi connectivity index (χ0n) is 18.5. The molecule has 0 saturated heterocycles. The summed E-state index contributed by atoms with van der Waals surface area (Å²) >= 11 is 0. The topological polar surface area (TPSA) is 60.2 Å². The monoisotopic (exact) mass is 399 g/mol. The number of nitrogens with zero attached hydrogens (tertiary/aromatic N) is 1. The molecule has 0 radical (unpaired) electrons. The summed E-state index contributed by atoms with van der Waals surface area (Å²) in [6.07, 6.45) is 4.64. The molecule has 2 rings (SSSR count). The fourth-order valence-corrected chi connectivity index (χ4v) is 4.19. The number of hydrogen-bond donors (Lipinski definition) is 2. The van der Waals surface area contributed by atoms with Crippen molar-refractivity contribution in [3.8, 4) is 0 Å². The van der Waals surface area contributed by atoms with Gasteiger partial charge >= 0.3 is 0 Å². The van der Waals surface area contributed by atoms with Crippen LogP contribution in [0.15, 0.2) is 48.8 Å². The van der Waals surface area contributed by atoms with Crippen LogP contribution in [0.25, 0.3) is 0 Å². The van der Waals surface area contributed by atoms with E-state index in [9.17, 15) is 0 Å². The van der Waals surface area contributed by atoms with Crippen molar-refractivity contribution in [3.63, 3.8) is 0 Å². The van der Waals surface area contributed by atoms with E-state index in [1.807, 2.05) is 30.6 Å². The van der Waals surface area contributed by atoms with Gasteiger partial charge in [0.2, 0.25) is 0 Å². The summed E-state index contributed by atoms with van der Waals surface area (Å²) in [6, 6.07) is 12.2. The van der Waals surface area contributed by atoms with Gasteiger partial charge in [-0.25, -0.2) is 0 Å². The van der Waals surface area contributed by atoms with Gasteiger partial charge in [0.25, 0.3) is 0 Å². The van der Waals surface area contributed by atoms with Crippen LogP contribution in [0.4, 0.5) is 5.69 Å². The number of hydrogen-bond acceptors (Lipinski definition) is 4. The fourth-order valence-electron chi connectivity index (χ4n) is 2.90. The number of anilines is 1. The molecular weight excluding hydrogens is 362 g/mol. The van der Waals surface area contributed by atoms with Crippen LogP contribution >= 0.6 is 0 Å². The minimum absolute atomic E-state index is 0.0136. The first-order valence-electron chi connectivity index (χ1n) is 10.1. The number of aromatic nitrogens is 1. The van der Waals surface area contributed by atoms with Crippen LogP contribution in [-0.4, -0.2) is 25.4 Å². The third kappa shape index (κ3) is 6.43. The largest absolute Gasteiger partial charge is 0.409 e. The first kappa shape index (κ1) is 22.6. The summed E-state index contributed by atoms with van der Waals surface area (Å²) < 4.78 is 6.77. The molecule has 0 saturated carbocycles.